The molecule has 3 aromatic rings. The van der Waals surface area contributed by atoms with Crippen LogP contribution in [-0.2, 0) is 0 Å². The van der Waals surface area contributed by atoms with E-state index in [9.17, 15) is 0 Å². The van der Waals surface area contributed by atoms with E-state index in [4.69, 9.17) is 4.74 Å². The quantitative estimate of drug-likeness (QED) is 0.742. The van der Waals surface area contributed by atoms with Crippen molar-refractivity contribution in [2.24, 2.45) is 0 Å². The molecule has 4 rings (SSSR count). The predicted octanol–water partition coefficient (Wildman–Crippen LogP) is 2.23. The van der Waals surface area contributed by atoms with Crippen LogP contribution in [-0.4, -0.2) is 38.8 Å². The molecule has 3 aromatic heterocycles. The first-order valence-corrected chi connectivity index (χ1v) is 7.87. The van der Waals surface area contributed by atoms with E-state index in [1.165, 1.54) is 0 Å². The van der Waals surface area contributed by atoms with Gasteiger partial charge >= 0.3 is 0 Å². The lowest BCUT2D eigenvalue weighted by atomic mass is 10.1. The third kappa shape index (κ3) is 2.44. The van der Waals surface area contributed by atoms with Crippen LogP contribution in [0.1, 0.15) is 12.8 Å². The summed E-state index contributed by atoms with van der Waals surface area (Å²) in [5, 5.41) is 6.96. The zero-order chi connectivity index (χ0) is 14.1. The molecule has 0 N–H and O–H groups in total. The second kappa shape index (κ2) is 5.33. The Kier molecular flexibility index (Phi) is 3.19. The Morgan fingerprint density at radius 2 is 2.05 bits per heavy atom. The van der Waals surface area contributed by atoms with Crippen molar-refractivity contribution in [2.75, 3.05) is 18.0 Å². The Labute approximate surface area is 126 Å². The third-order valence-corrected chi connectivity index (χ3v) is 4.38. The minimum absolute atomic E-state index is 0.247. The number of hydrogen-bond acceptors (Lipinski definition) is 6. The van der Waals surface area contributed by atoms with E-state index >= 15 is 0 Å². The van der Waals surface area contributed by atoms with Crippen LogP contribution < -0.4 is 9.64 Å². The highest BCUT2D eigenvalue weighted by molar-refractivity contribution is 7.11. The summed E-state index contributed by atoms with van der Waals surface area (Å²) in [6.07, 6.45) is 9.47. The lowest BCUT2D eigenvalue weighted by molar-refractivity contribution is 0.170. The number of anilines is 1. The van der Waals surface area contributed by atoms with Gasteiger partial charge in [0.25, 0.3) is 5.19 Å². The van der Waals surface area contributed by atoms with Gasteiger partial charge in [-0.25, -0.2) is 14.5 Å². The molecule has 0 aromatic carbocycles. The number of fused-ring (bicyclic) bond motifs is 1. The Morgan fingerprint density at radius 3 is 2.86 bits per heavy atom. The second-order valence-electron chi connectivity index (χ2n) is 5.01. The molecular weight excluding hydrogens is 286 g/mol. The highest BCUT2D eigenvalue weighted by Crippen LogP contribution is 2.25. The van der Waals surface area contributed by atoms with Crippen LogP contribution >= 0.6 is 11.3 Å². The van der Waals surface area contributed by atoms with Crippen molar-refractivity contribution >= 4 is 22.7 Å². The topological polar surface area (TPSA) is 55.5 Å². The molecule has 7 heteroatoms. The maximum absolute atomic E-state index is 5.89. The summed E-state index contributed by atoms with van der Waals surface area (Å²) in [6, 6.07) is 2.00. The largest absolute Gasteiger partial charge is 0.467 e. The summed E-state index contributed by atoms with van der Waals surface area (Å²) in [4.78, 5) is 11.0. The Bertz CT molecular complexity index is 718. The van der Waals surface area contributed by atoms with E-state index in [0.29, 0.717) is 0 Å². The zero-order valence-electron chi connectivity index (χ0n) is 11.4. The lowest BCUT2D eigenvalue weighted by Gasteiger charge is -2.32. The minimum Gasteiger partial charge on any atom is -0.467 e. The smallest absolute Gasteiger partial charge is 0.273 e. The minimum atomic E-state index is 0.247. The number of aromatic nitrogens is 4. The first-order chi connectivity index (χ1) is 10.4. The first-order valence-electron chi connectivity index (χ1n) is 6.99. The molecule has 0 radical (unpaired) electrons. The summed E-state index contributed by atoms with van der Waals surface area (Å²) in [7, 11) is 0. The number of piperidine rings is 1. The van der Waals surface area contributed by atoms with Crippen molar-refractivity contribution < 1.29 is 4.74 Å². The first kappa shape index (κ1) is 12.6. The van der Waals surface area contributed by atoms with E-state index in [0.717, 1.165) is 42.5 Å². The molecule has 0 unspecified atom stereocenters. The highest BCUT2D eigenvalue weighted by atomic mass is 32.1. The molecule has 6 nitrogen and oxygen atoms in total. The maximum atomic E-state index is 5.89. The summed E-state index contributed by atoms with van der Waals surface area (Å²) in [5.74, 6) is 1.00. The molecule has 0 amide bonds. The van der Waals surface area contributed by atoms with E-state index in [1.54, 1.807) is 29.9 Å². The zero-order valence-corrected chi connectivity index (χ0v) is 12.2. The van der Waals surface area contributed by atoms with Gasteiger partial charge in [-0.05, 0) is 6.07 Å². The second-order valence-corrected chi connectivity index (χ2v) is 5.87. The van der Waals surface area contributed by atoms with Gasteiger partial charge in [0.05, 0.1) is 6.20 Å². The van der Waals surface area contributed by atoms with Gasteiger partial charge in [0.15, 0.2) is 5.82 Å². The van der Waals surface area contributed by atoms with E-state index in [-0.39, 0.29) is 6.10 Å². The molecule has 0 spiro atoms. The summed E-state index contributed by atoms with van der Waals surface area (Å²) in [5.41, 5.74) is 1.05. The molecule has 108 valence electrons. The van der Waals surface area contributed by atoms with Crippen molar-refractivity contribution in [3.63, 3.8) is 0 Å². The Balaban J connectivity index is 1.46. The molecule has 0 atom stereocenters. The molecule has 4 heterocycles. The van der Waals surface area contributed by atoms with Crippen LogP contribution in [0.25, 0.3) is 5.52 Å². The molecule has 0 saturated carbocycles. The SMILES string of the molecule is c1csc(OC2CCN(c3nccn4nccc34)CC2)n1. The normalized spacial score (nSPS) is 16.5. The van der Waals surface area contributed by atoms with Crippen LogP contribution in [0.4, 0.5) is 5.82 Å². The van der Waals surface area contributed by atoms with Crippen LogP contribution in [0.5, 0.6) is 5.19 Å². The molecule has 21 heavy (non-hydrogen) atoms. The van der Waals surface area contributed by atoms with Crippen LogP contribution in [0.15, 0.2) is 36.2 Å². The average Bonchev–Trinajstić information content (AvgIpc) is 3.18. The third-order valence-electron chi connectivity index (χ3n) is 3.72. The molecule has 1 aliphatic heterocycles. The van der Waals surface area contributed by atoms with Gasteiger partial charge in [-0.3, -0.25) is 0 Å². The molecule has 1 aliphatic rings. The average molecular weight is 301 g/mol. The fourth-order valence-corrected chi connectivity index (χ4v) is 3.24. The molecule has 0 bridgehead atoms. The Hall–Kier alpha value is -2.15. The van der Waals surface area contributed by atoms with Gasteiger partial charge in [0, 0.05) is 49.9 Å². The summed E-state index contributed by atoms with van der Waals surface area (Å²) < 4.78 is 7.76. The van der Waals surface area contributed by atoms with Crippen molar-refractivity contribution in [1.29, 1.82) is 0 Å². The molecular formula is C14H15N5OS. The Morgan fingerprint density at radius 1 is 1.14 bits per heavy atom. The number of hydrogen-bond donors (Lipinski definition) is 0. The number of thiazole rings is 1. The van der Waals surface area contributed by atoms with E-state index in [2.05, 4.69) is 20.0 Å². The van der Waals surface area contributed by atoms with Gasteiger partial charge < -0.3 is 9.64 Å². The summed E-state index contributed by atoms with van der Waals surface area (Å²) >= 11 is 1.55. The number of rotatable bonds is 3. The van der Waals surface area contributed by atoms with E-state index < -0.39 is 0 Å². The van der Waals surface area contributed by atoms with Crippen molar-refractivity contribution in [1.82, 2.24) is 19.6 Å². The van der Waals surface area contributed by atoms with Gasteiger partial charge in [0.2, 0.25) is 0 Å². The standard InChI is InChI=1S/C14H15N5OS/c1-4-17-19-9-5-15-13(12(1)19)18-7-2-11(3-8-18)20-14-16-6-10-21-14/h1,4-6,9-11H,2-3,7-8H2. The fourth-order valence-electron chi connectivity index (χ4n) is 2.68. The highest BCUT2D eigenvalue weighted by Gasteiger charge is 2.23. The van der Waals surface area contributed by atoms with Crippen molar-refractivity contribution in [3.05, 3.63) is 36.2 Å². The van der Waals surface area contributed by atoms with Gasteiger partial charge in [-0.1, -0.05) is 11.3 Å². The van der Waals surface area contributed by atoms with E-state index in [1.807, 2.05) is 22.2 Å². The number of nitrogens with zero attached hydrogens (tertiary/aromatic N) is 5. The maximum Gasteiger partial charge on any atom is 0.273 e. The van der Waals surface area contributed by atoms with Gasteiger partial charge in [-0.2, -0.15) is 5.10 Å². The van der Waals surface area contributed by atoms with Crippen molar-refractivity contribution in [2.45, 2.75) is 18.9 Å². The lowest BCUT2D eigenvalue weighted by Crippen LogP contribution is -2.38. The van der Waals surface area contributed by atoms with Gasteiger partial charge in [-0.15, -0.1) is 0 Å². The van der Waals surface area contributed by atoms with Gasteiger partial charge in [0.1, 0.15) is 11.6 Å². The fraction of sp³-hybridized carbons (Fsp3) is 0.357. The monoisotopic (exact) mass is 301 g/mol. The summed E-state index contributed by atoms with van der Waals surface area (Å²) in [6.45, 7) is 1.88. The van der Waals surface area contributed by atoms with Crippen LogP contribution in [0.3, 0.4) is 0 Å². The predicted molar refractivity (Wildman–Crippen MR) is 81.0 cm³/mol. The number of ether oxygens (including phenoxy) is 1. The van der Waals surface area contributed by atoms with Crippen LogP contribution in [0.2, 0.25) is 0 Å². The molecule has 0 aliphatic carbocycles. The van der Waals surface area contributed by atoms with Crippen LogP contribution in [0, 0.1) is 0 Å². The molecule has 1 fully saturated rings. The van der Waals surface area contributed by atoms with Crippen molar-refractivity contribution in [3.8, 4) is 5.19 Å². The molecule has 1 saturated heterocycles.